The standard InChI is InChI=1S/C13H16ClN3O/c1-3-17(4-2)9-13(18)16-11-6-5-10(8-15)12(14)7-11/h5-7H,3-4,9H2,1-2H3,(H,16,18). The van der Waals surface area contributed by atoms with Crippen LogP contribution in [0.1, 0.15) is 19.4 Å². The van der Waals surface area contributed by atoms with Gasteiger partial charge in [-0.05, 0) is 31.3 Å². The second-order valence-electron chi connectivity index (χ2n) is 3.82. The molecule has 0 heterocycles. The molecule has 1 aromatic rings. The average Bonchev–Trinajstić information content (AvgIpc) is 2.36. The highest BCUT2D eigenvalue weighted by atomic mass is 35.5. The van der Waals surface area contributed by atoms with Crippen LogP contribution in [0.15, 0.2) is 18.2 Å². The van der Waals surface area contributed by atoms with Crippen LogP contribution in [0.2, 0.25) is 5.02 Å². The third-order valence-electron chi connectivity index (χ3n) is 2.63. The Morgan fingerprint density at radius 2 is 2.11 bits per heavy atom. The summed E-state index contributed by atoms with van der Waals surface area (Å²) in [6.07, 6.45) is 0. The molecule has 0 aromatic heterocycles. The number of halogens is 1. The minimum Gasteiger partial charge on any atom is -0.325 e. The lowest BCUT2D eigenvalue weighted by molar-refractivity contribution is -0.117. The second-order valence-corrected chi connectivity index (χ2v) is 4.22. The van der Waals surface area contributed by atoms with Gasteiger partial charge in [0.05, 0.1) is 17.1 Å². The summed E-state index contributed by atoms with van der Waals surface area (Å²) in [4.78, 5) is 13.8. The number of rotatable bonds is 5. The van der Waals surface area contributed by atoms with Crippen LogP contribution in [0.3, 0.4) is 0 Å². The molecule has 0 aliphatic rings. The quantitative estimate of drug-likeness (QED) is 0.890. The van der Waals surface area contributed by atoms with Gasteiger partial charge in [-0.15, -0.1) is 0 Å². The van der Waals surface area contributed by atoms with Crippen molar-refractivity contribution < 1.29 is 4.79 Å². The molecule has 0 saturated heterocycles. The van der Waals surface area contributed by atoms with Crippen molar-refractivity contribution in [2.45, 2.75) is 13.8 Å². The number of benzene rings is 1. The maximum atomic E-state index is 11.7. The number of carbonyl (C=O) groups excluding carboxylic acids is 1. The highest BCUT2D eigenvalue weighted by Gasteiger charge is 2.08. The molecule has 1 amide bonds. The molecule has 1 aromatic carbocycles. The summed E-state index contributed by atoms with van der Waals surface area (Å²) in [5, 5.41) is 11.8. The zero-order chi connectivity index (χ0) is 13.5. The maximum absolute atomic E-state index is 11.7. The fourth-order valence-corrected chi connectivity index (χ4v) is 1.76. The molecule has 0 bridgehead atoms. The molecular formula is C13H16ClN3O. The van der Waals surface area contributed by atoms with Gasteiger partial charge in [-0.3, -0.25) is 9.69 Å². The summed E-state index contributed by atoms with van der Waals surface area (Å²) in [6, 6.07) is 6.82. The van der Waals surface area contributed by atoms with E-state index in [1.165, 1.54) is 0 Å². The van der Waals surface area contributed by atoms with E-state index in [1.807, 2.05) is 24.8 Å². The van der Waals surface area contributed by atoms with Gasteiger partial charge in [0, 0.05) is 5.69 Å². The second kappa shape index (κ2) is 7.00. The van der Waals surface area contributed by atoms with Gasteiger partial charge in [0.2, 0.25) is 5.91 Å². The molecule has 96 valence electrons. The van der Waals surface area contributed by atoms with E-state index in [2.05, 4.69) is 5.32 Å². The number of hydrogen-bond donors (Lipinski definition) is 1. The van der Waals surface area contributed by atoms with Crippen molar-refractivity contribution in [2.75, 3.05) is 25.0 Å². The SMILES string of the molecule is CCN(CC)CC(=O)Nc1ccc(C#N)c(Cl)c1. The fraction of sp³-hybridized carbons (Fsp3) is 0.385. The Kier molecular flexibility index (Phi) is 5.63. The fourth-order valence-electron chi connectivity index (χ4n) is 1.53. The van der Waals surface area contributed by atoms with Crippen molar-refractivity contribution >= 4 is 23.2 Å². The van der Waals surface area contributed by atoms with Crippen LogP contribution in [0.5, 0.6) is 0 Å². The van der Waals surface area contributed by atoms with Gasteiger partial charge in [-0.1, -0.05) is 25.4 Å². The van der Waals surface area contributed by atoms with E-state index < -0.39 is 0 Å². The topological polar surface area (TPSA) is 56.1 Å². The molecule has 1 rings (SSSR count). The Morgan fingerprint density at radius 1 is 1.44 bits per heavy atom. The van der Waals surface area contributed by atoms with Crippen LogP contribution in [-0.2, 0) is 4.79 Å². The molecule has 0 spiro atoms. The number of nitrogens with one attached hydrogen (secondary N) is 1. The Morgan fingerprint density at radius 3 is 2.61 bits per heavy atom. The van der Waals surface area contributed by atoms with Gasteiger partial charge < -0.3 is 5.32 Å². The largest absolute Gasteiger partial charge is 0.325 e. The van der Waals surface area contributed by atoms with Gasteiger partial charge in [-0.25, -0.2) is 0 Å². The molecule has 18 heavy (non-hydrogen) atoms. The van der Waals surface area contributed by atoms with E-state index in [0.29, 0.717) is 22.8 Å². The number of nitrogens with zero attached hydrogens (tertiary/aromatic N) is 2. The van der Waals surface area contributed by atoms with Gasteiger partial charge in [-0.2, -0.15) is 5.26 Å². The molecular weight excluding hydrogens is 250 g/mol. The lowest BCUT2D eigenvalue weighted by Gasteiger charge is -2.17. The van der Waals surface area contributed by atoms with Gasteiger partial charge in [0.15, 0.2) is 0 Å². The molecule has 0 aliphatic carbocycles. The number of likely N-dealkylation sites (N-methyl/N-ethyl adjacent to an activating group) is 1. The lowest BCUT2D eigenvalue weighted by Crippen LogP contribution is -2.32. The maximum Gasteiger partial charge on any atom is 0.238 e. The smallest absolute Gasteiger partial charge is 0.238 e. The van der Waals surface area contributed by atoms with Crippen LogP contribution in [0.4, 0.5) is 5.69 Å². The monoisotopic (exact) mass is 265 g/mol. The predicted molar refractivity (Wildman–Crippen MR) is 72.6 cm³/mol. The van der Waals surface area contributed by atoms with Crippen molar-refractivity contribution in [1.29, 1.82) is 5.26 Å². The normalized spacial score (nSPS) is 10.2. The van der Waals surface area contributed by atoms with E-state index in [4.69, 9.17) is 16.9 Å². The van der Waals surface area contributed by atoms with Crippen molar-refractivity contribution in [1.82, 2.24) is 4.90 Å². The Bertz CT molecular complexity index is 464. The summed E-state index contributed by atoms with van der Waals surface area (Å²) in [6.45, 7) is 6.03. The molecule has 0 radical (unpaired) electrons. The first-order chi connectivity index (χ1) is 8.60. The molecule has 0 aliphatic heterocycles. The summed E-state index contributed by atoms with van der Waals surface area (Å²) < 4.78 is 0. The summed E-state index contributed by atoms with van der Waals surface area (Å²) in [5.41, 5.74) is 1.01. The molecule has 1 N–H and O–H groups in total. The van der Waals surface area contributed by atoms with Crippen LogP contribution in [0.25, 0.3) is 0 Å². The minimum atomic E-state index is -0.0838. The van der Waals surface area contributed by atoms with Gasteiger partial charge in [0.1, 0.15) is 6.07 Å². The Hall–Kier alpha value is -1.57. The Balaban J connectivity index is 2.65. The molecule has 0 saturated carbocycles. The first-order valence-electron chi connectivity index (χ1n) is 5.82. The minimum absolute atomic E-state index is 0.0838. The number of nitriles is 1. The van der Waals surface area contributed by atoms with Crippen LogP contribution in [-0.4, -0.2) is 30.4 Å². The zero-order valence-corrected chi connectivity index (χ0v) is 11.3. The van der Waals surface area contributed by atoms with E-state index in [1.54, 1.807) is 18.2 Å². The van der Waals surface area contributed by atoms with Gasteiger partial charge >= 0.3 is 0 Å². The molecule has 4 nitrogen and oxygen atoms in total. The summed E-state index contributed by atoms with van der Waals surface area (Å²) in [5.74, 6) is -0.0838. The highest BCUT2D eigenvalue weighted by Crippen LogP contribution is 2.20. The predicted octanol–water partition coefficient (Wildman–Crippen LogP) is 2.49. The summed E-state index contributed by atoms with van der Waals surface area (Å²) >= 11 is 5.89. The lowest BCUT2D eigenvalue weighted by atomic mass is 10.2. The third kappa shape index (κ3) is 4.02. The van der Waals surface area contributed by atoms with E-state index in [9.17, 15) is 4.79 Å². The first-order valence-corrected chi connectivity index (χ1v) is 6.20. The highest BCUT2D eigenvalue weighted by molar-refractivity contribution is 6.32. The Labute approximate surface area is 112 Å². The van der Waals surface area contributed by atoms with Crippen LogP contribution in [0, 0.1) is 11.3 Å². The molecule has 5 heteroatoms. The summed E-state index contributed by atoms with van der Waals surface area (Å²) in [7, 11) is 0. The number of anilines is 1. The van der Waals surface area contributed by atoms with Crippen molar-refractivity contribution in [3.63, 3.8) is 0 Å². The number of amides is 1. The zero-order valence-electron chi connectivity index (χ0n) is 10.5. The number of carbonyl (C=O) groups is 1. The van der Waals surface area contributed by atoms with Gasteiger partial charge in [0.25, 0.3) is 0 Å². The van der Waals surface area contributed by atoms with Crippen molar-refractivity contribution in [2.24, 2.45) is 0 Å². The molecule has 0 fully saturated rings. The number of hydrogen-bond acceptors (Lipinski definition) is 3. The average molecular weight is 266 g/mol. The first kappa shape index (κ1) is 14.5. The van der Waals surface area contributed by atoms with E-state index in [-0.39, 0.29) is 5.91 Å². The molecule has 0 atom stereocenters. The van der Waals surface area contributed by atoms with E-state index >= 15 is 0 Å². The van der Waals surface area contributed by atoms with Crippen molar-refractivity contribution in [3.8, 4) is 6.07 Å². The third-order valence-corrected chi connectivity index (χ3v) is 2.95. The van der Waals surface area contributed by atoms with Crippen LogP contribution < -0.4 is 5.32 Å². The van der Waals surface area contributed by atoms with E-state index in [0.717, 1.165) is 13.1 Å². The van der Waals surface area contributed by atoms with Crippen molar-refractivity contribution in [3.05, 3.63) is 28.8 Å². The van der Waals surface area contributed by atoms with Crippen LogP contribution >= 0.6 is 11.6 Å². The molecule has 0 unspecified atom stereocenters.